The predicted octanol–water partition coefficient (Wildman–Crippen LogP) is 11.2. The highest BCUT2D eigenvalue weighted by Crippen LogP contribution is 2.40. The van der Waals surface area contributed by atoms with E-state index in [1.165, 1.54) is 4.70 Å². The van der Waals surface area contributed by atoms with Gasteiger partial charge in [-0.25, -0.2) is 9.97 Å². The van der Waals surface area contributed by atoms with Gasteiger partial charge in [0, 0.05) is 57.5 Å². The zero-order valence-electron chi connectivity index (χ0n) is 27.6. The largest absolute Gasteiger partial charge is 0.311 e. The van der Waals surface area contributed by atoms with Crippen molar-refractivity contribution in [1.29, 1.82) is 0 Å². The van der Waals surface area contributed by atoms with Crippen molar-refractivity contribution in [3.05, 3.63) is 165 Å². The number of hydrogen-bond donors (Lipinski definition) is 0. The summed E-state index contributed by atoms with van der Waals surface area (Å²) in [6, 6.07) is 46.8. The van der Waals surface area contributed by atoms with Gasteiger partial charge in [0.1, 0.15) is 6.33 Å². The summed E-state index contributed by atoms with van der Waals surface area (Å²) < 4.78 is 2.31. The molecule has 0 saturated carbocycles. The van der Waals surface area contributed by atoms with Gasteiger partial charge in [0.2, 0.25) is 0 Å². The topological polar surface area (TPSA) is 80.6 Å². The van der Waals surface area contributed by atoms with Crippen molar-refractivity contribution in [3.63, 3.8) is 0 Å². The van der Waals surface area contributed by atoms with E-state index < -0.39 is 0 Å². The maximum absolute atomic E-state index is 4.75. The summed E-state index contributed by atoms with van der Waals surface area (Å²) in [6.07, 6.45) is 8.57. The standard InChI is InChI=1S/C44H27N7S/c1-2-4-41-36(3-1)43-44(52-41)42(49-27-50-43)30-9-17-35(18-10-30)51(33-13-5-28(6-14-33)31-11-19-37-39(25-31)47-23-21-45-37)34-15-7-29(8-16-34)32-12-20-38-40(26-32)48-24-22-46-38/h1-27H. The smallest absolute Gasteiger partial charge is 0.116 e. The van der Waals surface area contributed by atoms with Crippen molar-refractivity contribution in [2.24, 2.45) is 0 Å². The van der Waals surface area contributed by atoms with E-state index in [1.54, 1.807) is 42.5 Å². The molecule has 7 nitrogen and oxygen atoms in total. The Balaban J connectivity index is 1.04. The molecule has 0 bridgehead atoms. The highest BCUT2D eigenvalue weighted by atomic mass is 32.1. The lowest BCUT2D eigenvalue weighted by molar-refractivity contribution is 1.23. The first-order chi connectivity index (χ1) is 25.7. The Morgan fingerprint density at radius 1 is 0.404 bits per heavy atom. The molecule has 0 atom stereocenters. The lowest BCUT2D eigenvalue weighted by atomic mass is 10.0. The summed E-state index contributed by atoms with van der Waals surface area (Å²) in [6.45, 7) is 0. The van der Waals surface area contributed by atoms with Crippen LogP contribution in [0.1, 0.15) is 0 Å². The fourth-order valence-corrected chi connectivity index (χ4v) is 8.00. The van der Waals surface area contributed by atoms with Gasteiger partial charge in [0.15, 0.2) is 0 Å². The minimum Gasteiger partial charge on any atom is -0.311 e. The second-order valence-electron chi connectivity index (χ2n) is 12.5. The number of thiophene rings is 1. The van der Waals surface area contributed by atoms with Gasteiger partial charge in [0.25, 0.3) is 0 Å². The van der Waals surface area contributed by atoms with Crippen LogP contribution >= 0.6 is 11.3 Å². The summed E-state index contributed by atoms with van der Waals surface area (Å²) in [5, 5.41) is 1.16. The van der Waals surface area contributed by atoms with Crippen LogP contribution in [0.2, 0.25) is 0 Å². The molecule has 10 rings (SSSR count). The van der Waals surface area contributed by atoms with Gasteiger partial charge in [-0.1, -0.05) is 66.7 Å². The van der Waals surface area contributed by atoms with Gasteiger partial charge in [-0.15, -0.1) is 11.3 Å². The second kappa shape index (κ2) is 12.5. The van der Waals surface area contributed by atoms with Crippen molar-refractivity contribution in [2.45, 2.75) is 0 Å². The normalized spacial score (nSPS) is 11.5. The molecule has 0 unspecified atom stereocenters. The average Bonchev–Trinajstić information content (AvgIpc) is 3.61. The fraction of sp³-hybridized carbons (Fsp3) is 0. The van der Waals surface area contributed by atoms with E-state index in [0.717, 1.165) is 88.2 Å². The molecular formula is C44H27N7S. The van der Waals surface area contributed by atoms with Crippen molar-refractivity contribution in [1.82, 2.24) is 29.9 Å². The van der Waals surface area contributed by atoms with Crippen LogP contribution in [0, 0.1) is 0 Å². The summed E-state index contributed by atoms with van der Waals surface area (Å²) in [5.41, 5.74) is 14.0. The molecule has 10 aromatic rings. The zero-order chi connectivity index (χ0) is 34.4. The van der Waals surface area contributed by atoms with E-state index >= 15 is 0 Å². The third-order valence-corrected chi connectivity index (χ3v) is 10.6. The molecule has 0 saturated heterocycles. The molecule has 0 aliphatic carbocycles. The van der Waals surface area contributed by atoms with Crippen LogP contribution < -0.4 is 4.90 Å². The highest BCUT2D eigenvalue weighted by Gasteiger charge is 2.16. The first kappa shape index (κ1) is 30.0. The Labute approximate surface area is 302 Å². The maximum atomic E-state index is 4.75. The van der Waals surface area contributed by atoms with Crippen LogP contribution in [0.15, 0.2) is 165 Å². The number of nitrogens with zero attached hydrogens (tertiary/aromatic N) is 7. The van der Waals surface area contributed by atoms with Crippen molar-refractivity contribution >= 4 is 70.8 Å². The molecule has 0 aliphatic rings. The zero-order valence-corrected chi connectivity index (χ0v) is 28.4. The lowest BCUT2D eigenvalue weighted by Gasteiger charge is -2.26. The van der Waals surface area contributed by atoms with Crippen molar-refractivity contribution < 1.29 is 0 Å². The monoisotopic (exact) mass is 685 g/mol. The van der Waals surface area contributed by atoms with Crippen LogP contribution in [0.25, 0.3) is 75.9 Å². The van der Waals surface area contributed by atoms with Gasteiger partial charge in [-0.3, -0.25) is 19.9 Å². The summed E-state index contributed by atoms with van der Waals surface area (Å²) in [4.78, 5) is 29.5. The van der Waals surface area contributed by atoms with Gasteiger partial charge < -0.3 is 4.90 Å². The third-order valence-electron chi connectivity index (χ3n) is 9.41. The van der Waals surface area contributed by atoms with E-state index in [-0.39, 0.29) is 0 Å². The van der Waals surface area contributed by atoms with Crippen LogP contribution in [0.5, 0.6) is 0 Å². The quantitative estimate of drug-likeness (QED) is 0.172. The van der Waals surface area contributed by atoms with Crippen molar-refractivity contribution in [3.8, 4) is 33.5 Å². The molecule has 6 aromatic carbocycles. The number of anilines is 3. The number of aromatic nitrogens is 6. The summed E-state index contributed by atoms with van der Waals surface area (Å²) in [5.74, 6) is 0. The van der Waals surface area contributed by atoms with E-state index in [4.69, 9.17) is 4.98 Å². The highest BCUT2D eigenvalue weighted by molar-refractivity contribution is 7.26. The minimum absolute atomic E-state index is 0.876. The Morgan fingerprint density at radius 2 is 0.885 bits per heavy atom. The molecule has 0 radical (unpaired) electrons. The van der Waals surface area contributed by atoms with Crippen LogP contribution in [-0.4, -0.2) is 29.9 Å². The average molecular weight is 686 g/mol. The molecule has 0 amide bonds. The molecular weight excluding hydrogens is 659 g/mol. The molecule has 8 heteroatoms. The van der Waals surface area contributed by atoms with Crippen LogP contribution in [0.4, 0.5) is 17.1 Å². The van der Waals surface area contributed by atoms with Gasteiger partial charge in [-0.2, -0.15) is 0 Å². The van der Waals surface area contributed by atoms with Crippen LogP contribution in [0.3, 0.4) is 0 Å². The molecule has 0 spiro atoms. The molecule has 0 fully saturated rings. The fourth-order valence-electron chi connectivity index (χ4n) is 6.84. The van der Waals surface area contributed by atoms with E-state index in [1.807, 2.05) is 12.1 Å². The van der Waals surface area contributed by atoms with E-state index in [2.05, 4.69) is 151 Å². The minimum atomic E-state index is 0.876. The number of fused-ring (bicyclic) bond motifs is 5. The van der Waals surface area contributed by atoms with Gasteiger partial charge in [-0.05, 0) is 89.0 Å². The van der Waals surface area contributed by atoms with E-state index in [9.17, 15) is 0 Å². The van der Waals surface area contributed by atoms with Crippen LogP contribution in [-0.2, 0) is 0 Å². The Kier molecular flexibility index (Phi) is 7.18. The van der Waals surface area contributed by atoms with Gasteiger partial charge >= 0.3 is 0 Å². The first-order valence-corrected chi connectivity index (χ1v) is 17.7. The first-order valence-electron chi connectivity index (χ1n) is 16.9. The van der Waals surface area contributed by atoms with E-state index in [0.29, 0.717) is 0 Å². The molecule has 0 N–H and O–H groups in total. The molecule has 0 aliphatic heterocycles. The predicted molar refractivity (Wildman–Crippen MR) is 212 cm³/mol. The second-order valence-corrected chi connectivity index (χ2v) is 13.5. The Bertz CT molecular complexity index is 2780. The maximum Gasteiger partial charge on any atom is 0.116 e. The molecule has 4 heterocycles. The number of rotatable bonds is 6. The number of benzene rings is 6. The molecule has 52 heavy (non-hydrogen) atoms. The summed E-state index contributed by atoms with van der Waals surface area (Å²) >= 11 is 1.74. The van der Waals surface area contributed by atoms with Gasteiger partial charge in [0.05, 0.1) is 38.0 Å². The summed E-state index contributed by atoms with van der Waals surface area (Å²) in [7, 11) is 0. The SMILES string of the molecule is c1ccc2c(c1)sc1c(-c3ccc(N(c4ccc(-c5ccc6nccnc6c5)cc4)c4ccc(-c5ccc6nccnc6c5)cc4)cc3)ncnc12. The lowest BCUT2D eigenvalue weighted by Crippen LogP contribution is -2.09. The third kappa shape index (κ3) is 5.30. The Hall–Kier alpha value is -6.90. The molecule has 244 valence electrons. The molecule has 4 aromatic heterocycles. The Morgan fingerprint density at radius 3 is 1.44 bits per heavy atom. The van der Waals surface area contributed by atoms with Crippen molar-refractivity contribution in [2.75, 3.05) is 4.90 Å². The number of hydrogen-bond acceptors (Lipinski definition) is 8.